The number of aromatic nitrogens is 2. The summed E-state index contributed by atoms with van der Waals surface area (Å²) < 4.78 is 13.1. The van der Waals surface area contributed by atoms with Crippen LogP contribution in [-0.4, -0.2) is 10.2 Å². The van der Waals surface area contributed by atoms with Gasteiger partial charge in [-0.1, -0.05) is 12.1 Å². The fourth-order valence-corrected chi connectivity index (χ4v) is 1.71. The van der Waals surface area contributed by atoms with Crippen molar-refractivity contribution in [2.24, 2.45) is 0 Å². The van der Waals surface area contributed by atoms with Crippen molar-refractivity contribution in [2.45, 2.75) is 26.4 Å². The van der Waals surface area contributed by atoms with Crippen LogP contribution in [-0.2, 0) is 6.54 Å². The second-order valence-corrected chi connectivity index (χ2v) is 4.18. The van der Waals surface area contributed by atoms with Gasteiger partial charge in [0.25, 0.3) is 0 Å². The molecule has 0 saturated heterocycles. The summed E-state index contributed by atoms with van der Waals surface area (Å²) in [4.78, 5) is 0. The van der Waals surface area contributed by atoms with Crippen molar-refractivity contribution < 1.29 is 4.39 Å². The number of aromatic amines is 1. The highest BCUT2D eigenvalue weighted by Gasteiger charge is 2.07. The molecular weight excluding hydrogens is 217 g/mol. The van der Waals surface area contributed by atoms with Crippen molar-refractivity contribution in [3.05, 3.63) is 53.1 Å². The number of hydrogen-bond donors (Lipinski definition) is 2. The molecule has 0 radical (unpaired) electrons. The molecule has 2 N–H and O–H groups in total. The van der Waals surface area contributed by atoms with Crippen LogP contribution in [0.15, 0.2) is 30.5 Å². The standard InChI is InChI=1S/C13H16FN3/c1-9(11-4-3-5-13(14)6-11)15-7-12-8-16-17-10(12)2/h3-6,8-9,15H,7H2,1-2H3,(H,16,17)/t9-/m0/s1. The van der Waals surface area contributed by atoms with Crippen LogP contribution < -0.4 is 5.32 Å². The molecule has 0 aliphatic rings. The topological polar surface area (TPSA) is 40.7 Å². The Kier molecular flexibility index (Phi) is 3.54. The van der Waals surface area contributed by atoms with Crippen LogP contribution in [0.4, 0.5) is 4.39 Å². The molecule has 0 amide bonds. The van der Waals surface area contributed by atoms with E-state index < -0.39 is 0 Å². The zero-order valence-electron chi connectivity index (χ0n) is 10.00. The molecule has 0 aliphatic carbocycles. The fraction of sp³-hybridized carbons (Fsp3) is 0.308. The first-order valence-corrected chi connectivity index (χ1v) is 5.64. The van der Waals surface area contributed by atoms with Crippen LogP contribution in [0.25, 0.3) is 0 Å². The van der Waals surface area contributed by atoms with E-state index in [0.717, 1.165) is 23.4 Å². The summed E-state index contributed by atoms with van der Waals surface area (Å²) in [5.41, 5.74) is 3.14. The van der Waals surface area contributed by atoms with E-state index in [1.807, 2.05) is 19.9 Å². The van der Waals surface area contributed by atoms with Gasteiger partial charge in [-0.3, -0.25) is 5.10 Å². The molecular formula is C13H16FN3. The van der Waals surface area contributed by atoms with Gasteiger partial charge < -0.3 is 5.32 Å². The lowest BCUT2D eigenvalue weighted by molar-refractivity contribution is 0.564. The fourth-order valence-electron chi connectivity index (χ4n) is 1.71. The number of nitrogens with one attached hydrogen (secondary N) is 2. The van der Waals surface area contributed by atoms with Gasteiger partial charge in [-0.05, 0) is 31.5 Å². The second kappa shape index (κ2) is 5.10. The van der Waals surface area contributed by atoms with Gasteiger partial charge in [-0.2, -0.15) is 5.10 Å². The number of aryl methyl sites for hydroxylation is 1. The van der Waals surface area contributed by atoms with Gasteiger partial charge in [-0.15, -0.1) is 0 Å². The maximum absolute atomic E-state index is 13.1. The van der Waals surface area contributed by atoms with E-state index in [4.69, 9.17) is 0 Å². The molecule has 4 heteroatoms. The van der Waals surface area contributed by atoms with E-state index in [1.165, 1.54) is 6.07 Å². The molecule has 2 aromatic rings. The first kappa shape index (κ1) is 11.8. The zero-order chi connectivity index (χ0) is 12.3. The average Bonchev–Trinajstić information content (AvgIpc) is 2.72. The van der Waals surface area contributed by atoms with Crippen LogP contribution in [0.2, 0.25) is 0 Å². The van der Waals surface area contributed by atoms with E-state index >= 15 is 0 Å². The third kappa shape index (κ3) is 2.91. The van der Waals surface area contributed by atoms with Gasteiger partial charge in [-0.25, -0.2) is 4.39 Å². The Morgan fingerprint density at radius 3 is 2.94 bits per heavy atom. The van der Waals surface area contributed by atoms with Gasteiger partial charge in [0.05, 0.1) is 6.20 Å². The third-order valence-corrected chi connectivity index (χ3v) is 2.88. The second-order valence-electron chi connectivity index (χ2n) is 4.18. The first-order valence-electron chi connectivity index (χ1n) is 5.64. The molecule has 0 aliphatic heterocycles. The maximum atomic E-state index is 13.1. The number of hydrogen-bond acceptors (Lipinski definition) is 2. The van der Waals surface area contributed by atoms with E-state index in [1.54, 1.807) is 18.3 Å². The van der Waals surface area contributed by atoms with E-state index in [2.05, 4.69) is 15.5 Å². The smallest absolute Gasteiger partial charge is 0.123 e. The highest BCUT2D eigenvalue weighted by Crippen LogP contribution is 2.14. The van der Waals surface area contributed by atoms with Crippen LogP contribution >= 0.6 is 0 Å². The Balaban J connectivity index is 1.98. The van der Waals surface area contributed by atoms with Gasteiger partial charge >= 0.3 is 0 Å². The summed E-state index contributed by atoms with van der Waals surface area (Å²) in [5.74, 6) is -0.198. The molecule has 0 unspecified atom stereocenters. The van der Waals surface area contributed by atoms with Crippen LogP contribution in [0.5, 0.6) is 0 Å². The lowest BCUT2D eigenvalue weighted by Crippen LogP contribution is -2.18. The lowest BCUT2D eigenvalue weighted by Gasteiger charge is -2.13. The Morgan fingerprint density at radius 2 is 2.29 bits per heavy atom. The van der Waals surface area contributed by atoms with Crippen LogP contribution in [0.1, 0.15) is 29.8 Å². The minimum Gasteiger partial charge on any atom is -0.306 e. The summed E-state index contributed by atoms with van der Waals surface area (Å²) in [7, 11) is 0. The number of halogens is 1. The van der Waals surface area contributed by atoms with E-state index in [-0.39, 0.29) is 11.9 Å². The Labute approximate surface area is 100 Å². The van der Waals surface area contributed by atoms with Crippen molar-refractivity contribution in [1.29, 1.82) is 0 Å². The third-order valence-electron chi connectivity index (χ3n) is 2.88. The molecule has 0 spiro atoms. The number of rotatable bonds is 4. The molecule has 0 saturated carbocycles. The molecule has 1 aromatic heterocycles. The summed E-state index contributed by atoms with van der Waals surface area (Å²) in [6, 6.07) is 6.77. The van der Waals surface area contributed by atoms with Gasteiger partial charge in [0.15, 0.2) is 0 Å². The predicted molar refractivity (Wildman–Crippen MR) is 65.0 cm³/mol. The Hall–Kier alpha value is -1.68. The summed E-state index contributed by atoms with van der Waals surface area (Å²) in [5, 5.41) is 10.2. The zero-order valence-corrected chi connectivity index (χ0v) is 10.00. The summed E-state index contributed by atoms with van der Waals surface area (Å²) in [6.45, 7) is 4.72. The molecule has 2 rings (SSSR count). The lowest BCUT2D eigenvalue weighted by atomic mass is 10.1. The van der Waals surface area contributed by atoms with Gasteiger partial charge in [0, 0.05) is 23.8 Å². The highest BCUT2D eigenvalue weighted by molar-refractivity contribution is 5.20. The van der Waals surface area contributed by atoms with Crippen molar-refractivity contribution in [1.82, 2.24) is 15.5 Å². The number of nitrogens with zero attached hydrogens (tertiary/aromatic N) is 1. The van der Waals surface area contributed by atoms with Crippen molar-refractivity contribution >= 4 is 0 Å². The van der Waals surface area contributed by atoms with Crippen LogP contribution in [0, 0.1) is 12.7 Å². The molecule has 1 aromatic carbocycles. The highest BCUT2D eigenvalue weighted by atomic mass is 19.1. The molecule has 1 heterocycles. The molecule has 0 fully saturated rings. The quantitative estimate of drug-likeness (QED) is 0.852. The first-order chi connectivity index (χ1) is 8.16. The Bertz CT molecular complexity index is 493. The minimum absolute atomic E-state index is 0.111. The van der Waals surface area contributed by atoms with Gasteiger partial charge in [0.1, 0.15) is 5.82 Å². The largest absolute Gasteiger partial charge is 0.306 e. The van der Waals surface area contributed by atoms with E-state index in [9.17, 15) is 4.39 Å². The number of benzene rings is 1. The van der Waals surface area contributed by atoms with Gasteiger partial charge in [0.2, 0.25) is 0 Å². The molecule has 17 heavy (non-hydrogen) atoms. The summed E-state index contributed by atoms with van der Waals surface area (Å²) in [6.07, 6.45) is 1.81. The SMILES string of the molecule is Cc1[nH]ncc1CN[C@@H](C)c1cccc(F)c1. The van der Waals surface area contributed by atoms with Crippen molar-refractivity contribution in [2.75, 3.05) is 0 Å². The summed E-state index contributed by atoms with van der Waals surface area (Å²) >= 11 is 0. The maximum Gasteiger partial charge on any atom is 0.123 e. The monoisotopic (exact) mass is 233 g/mol. The molecule has 3 nitrogen and oxygen atoms in total. The predicted octanol–water partition coefficient (Wildman–Crippen LogP) is 2.71. The molecule has 0 bridgehead atoms. The van der Waals surface area contributed by atoms with Crippen molar-refractivity contribution in [3.8, 4) is 0 Å². The van der Waals surface area contributed by atoms with Crippen molar-refractivity contribution in [3.63, 3.8) is 0 Å². The van der Waals surface area contributed by atoms with E-state index in [0.29, 0.717) is 0 Å². The number of H-pyrrole nitrogens is 1. The molecule has 1 atom stereocenters. The molecule has 90 valence electrons. The normalized spacial score (nSPS) is 12.6. The Morgan fingerprint density at radius 1 is 1.47 bits per heavy atom. The minimum atomic E-state index is -0.198. The van der Waals surface area contributed by atoms with Crippen LogP contribution in [0.3, 0.4) is 0 Å². The average molecular weight is 233 g/mol.